The van der Waals surface area contributed by atoms with Gasteiger partial charge in [-0.3, -0.25) is 9.36 Å². The lowest BCUT2D eigenvalue weighted by Crippen LogP contribution is -2.38. The van der Waals surface area contributed by atoms with E-state index in [-0.39, 0.29) is 34.5 Å². The third-order valence-electron chi connectivity index (χ3n) is 6.20. The zero-order valence-electron chi connectivity index (χ0n) is 17.8. The highest BCUT2D eigenvalue weighted by molar-refractivity contribution is 5.89. The Morgan fingerprint density at radius 1 is 1.12 bits per heavy atom. The average Bonchev–Trinajstić information content (AvgIpc) is 3.43. The van der Waals surface area contributed by atoms with Crippen LogP contribution in [-0.2, 0) is 5.54 Å². The Morgan fingerprint density at radius 3 is 2.33 bits per heavy atom. The van der Waals surface area contributed by atoms with Gasteiger partial charge in [-0.1, -0.05) is 25.1 Å². The molecule has 1 aliphatic carbocycles. The SMILES string of the molecule is Cc1nc(N[C@H](C)c2cccc(C(F)F)c2F)c2cn(C3(C(F)F)CC3C)c(=O)c(F)c2n1. The minimum Gasteiger partial charge on any atom is -0.363 e. The number of nitrogens with one attached hydrogen (secondary N) is 1. The van der Waals surface area contributed by atoms with E-state index in [0.29, 0.717) is 4.57 Å². The van der Waals surface area contributed by atoms with Gasteiger partial charge in [0.1, 0.15) is 28.5 Å². The summed E-state index contributed by atoms with van der Waals surface area (Å²) in [5, 5.41) is 2.77. The largest absolute Gasteiger partial charge is 0.363 e. The molecular weight excluding hydrogens is 450 g/mol. The van der Waals surface area contributed by atoms with Gasteiger partial charge < -0.3 is 5.32 Å². The average molecular weight is 470 g/mol. The van der Waals surface area contributed by atoms with Crippen LogP contribution < -0.4 is 10.9 Å². The molecule has 3 aromatic rings. The van der Waals surface area contributed by atoms with Gasteiger partial charge in [0.25, 0.3) is 18.4 Å². The van der Waals surface area contributed by atoms with E-state index >= 15 is 0 Å². The normalized spacial score (nSPS) is 21.1. The maximum absolute atomic E-state index is 15.0. The van der Waals surface area contributed by atoms with Crippen LogP contribution in [0.15, 0.2) is 29.2 Å². The molecule has 33 heavy (non-hydrogen) atoms. The summed E-state index contributed by atoms with van der Waals surface area (Å²) < 4.78 is 84.1. The number of nitrogens with zero attached hydrogens (tertiary/aromatic N) is 3. The molecule has 0 saturated heterocycles. The maximum atomic E-state index is 15.0. The summed E-state index contributed by atoms with van der Waals surface area (Å²) in [6.07, 6.45) is -4.85. The van der Waals surface area contributed by atoms with Gasteiger partial charge in [-0.05, 0) is 26.2 Å². The van der Waals surface area contributed by atoms with Crippen molar-refractivity contribution in [1.29, 1.82) is 0 Å². The first-order chi connectivity index (χ1) is 15.5. The maximum Gasteiger partial charge on any atom is 0.289 e. The quantitative estimate of drug-likeness (QED) is 0.484. The van der Waals surface area contributed by atoms with Gasteiger partial charge in [-0.25, -0.2) is 31.9 Å². The fraction of sp³-hybridized carbons (Fsp3) is 0.409. The van der Waals surface area contributed by atoms with Crippen LogP contribution in [0.5, 0.6) is 0 Å². The molecule has 1 N–H and O–H groups in total. The summed E-state index contributed by atoms with van der Waals surface area (Å²) in [4.78, 5) is 20.7. The van der Waals surface area contributed by atoms with Crippen molar-refractivity contribution in [2.45, 2.75) is 51.6 Å². The Labute approximate surface area is 184 Å². The molecule has 0 aliphatic heterocycles. The van der Waals surface area contributed by atoms with Crippen molar-refractivity contribution in [3.63, 3.8) is 0 Å². The molecule has 0 amide bonds. The molecule has 11 heteroatoms. The highest BCUT2D eigenvalue weighted by atomic mass is 19.3. The Balaban J connectivity index is 1.85. The molecule has 2 heterocycles. The van der Waals surface area contributed by atoms with E-state index in [1.54, 1.807) is 0 Å². The van der Waals surface area contributed by atoms with Gasteiger partial charge >= 0.3 is 0 Å². The van der Waals surface area contributed by atoms with Crippen LogP contribution in [-0.4, -0.2) is 21.0 Å². The molecule has 1 aromatic carbocycles. The van der Waals surface area contributed by atoms with Gasteiger partial charge in [0.15, 0.2) is 0 Å². The predicted octanol–water partition coefficient (Wildman–Crippen LogP) is 5.49. The minimum absolute atomic E-state index is 0.00691. The summed E-state index contributed by atoms with van der Waals surface area (Å²) in [6.45, 7) is 4.45. The van der Waals surface area contributed by atoms with Gasteiger partial charge in [-0.15, -0.1) is 0 Å². The molecule has 1 fully saturated rings. The van der Waals surface area contributed by atoms with Crippen LogP contribution in [0.3, 0.4) is 0 Å². The topological polar surface area (TPSA) is 59.8 Å². The molecular formula is C22H20F6N4O. The minimum atomic E-state index is -3.02. The molecule has 0 radical (unpaired) electrons. The number of aryl methyl sites for hydroxylation is 1. The number of rotatable bonds is 6. The fourth-order valence-corrected chi connectivity index (χ4v) is 4.22. The second-order valence-corrected chi connectivity index (χ2v) is 8.31. The van der Waals surface area contributed by atoms with Crippen molar-refractivity contribution in [3.05, 3.63) is 63.3 Å². The van der Waals surface area contributed by atoms with Crippen LogP contribution in [0.25, 0.3) is 10.9 Å². The standard InChI is InChI=1S/C22H20F6N4O/c1-9-7-22(9,21(27)28)32-8-14-17(16(24)20(32)33)30-11(3)31-19(14)29-10(2)12-5-4-6-13(15(12)23)18(25)26/h4-6,8-10,18,21H,7H2,1-3H3,(H,29,30,31)/t9?,10-,22?/m1/s1. The molecule has 2 aromatic heterocycles. The van der Waals surface area contributed by atoms with Gasteiger partial charge in [0.05, 0.1) is 17.0 Å². The zero-order chi connectivity index (χ0) is 24.2. The van der Waals surface area contributed by atoms with Crippen LogP contribution in [0.1, 0.15) is 49.7 Å². The monoisotopic (exact) mass is 470 g/mol. The second kappa shape index (κ2) is 8.03. The van der Waals surface area contributed by atoms with E-state index in [9.17, 15) is 31.1 Å². The van der Waals surface area contributed by atoms with E-state index in [0.717, 1.165) is 12.3 Å². The van der Waals surface area contributed by atoms with Crippen LogP contribution in [0.4, 0.5) is 32.2 Å². The first kappa shape index (κ1) is 23.1. The molecule has 176 valence electrons. The van der Waals surface area contributed by atoms with Crippen molar-refractivity contribution in [3.8, 4) is 0 Å². The summed E-state index contributed by atoms with van der Waals surface area (Å²) in [6, 6.07) is 2.64. The molecule has 4 rings (SSSR count). The molecule has 1 saturated carbocycles. The van der Waals surface area contributed by atoms with Crippen LogP contribution in [0, 0.1) is 24.5 Å². The van der Waals surface area contributed by atoms with E-state index in [1.807, 2.05) is 0 Å². The van der Waals surface area contributed by atoms with Crippen LogP contribution >= 0.6 is 0 Å². The number of pyridine rings is 1. The number of alkyl halides is 4. The number of hydrogen-bond acceptors (Lipinski definition) is 4. The number of benzene rings is 1. The molecule has 1 aliphatic rings. The Morgan fingerprint density at radius 2 is 1.76 bits per heavy atom. The van der Waals surface area contributed by atoms with E-state index in [1.165, 1.54) is 32.9 Å². The Bertz CT molecular complexity index is 1290. The highest BCUT2D eigenvalue weighted by Gasteiger charge is 2.60. The highest BCUT2D eigenvalue weighted by Crippen LogP contribution is 2.53. The third-order valence-corrected chi connectivity index (χ3v) is 6.20. The number of aromatic nitrogens is 3. The van der Waals surface area contributed by atoms with Crippen LogP contribution in [0.2, 0.25) is 0 Å². The first-order valence-corrected chi connectivity index (χ1v) is 10.2. The van der Waals surface area contributed by atoms with E-state index in [2.05, 4.69) is 15.3 Å². The summed E-state index contributed by atoms with van der Waals surface area (Å²) in [5.41, 5.74) is -4.30. The first-order valence-electron chi connectivity index (χ1n) is 10.2. The van der Waals surface area contributed by atoms with Crippen molar-refractivity contribution in [2.24, 2.45) is 5.92 Å². The number of hydrogen-bond donors (Lipinski definition) is 1. The summed E-state index contributed by atoms with van der Waals surface area (Å²) in [5.74, 6) is -2.94. The van der Waals surface area contributed by atoms with Gasteiger partial charge in [-0.2, -0.15) is 4.39 Å². The fourth-order valence-electron chi connectivity index (χ4n) is 4.22. The van der Waals surface area contributed by atoms with Gasteiger partial charge in [0, 0.05) is 11.8 Å². The zero-order valence-corrected chi connectivity index (χ0v) is 17.8. The Hall–Kier alpha value is -3.11. The number of halogens is 6. The van der Waals surface area contributed by atoms with Crippen molar-refractivity contribution in [2.75, 3.05) is 5.32 Å². The molecule has 0 bridgehead atoms. The second-order valence-electron chi connectivity index (χ2n) is 8.31. The Kier molecular flexibility index (Phi) is 5.61. The third kappa shape index (κ3) is 3.63. The predicted molar refractivity (Wildman–Crippen MR) is 110 cm³/mol. The number of fused-ring (bicyclic) bond motifs is 1. The number of anilines is 1. The van der Waals surface area contributed by atoms with Crippen molar-refractivity contribution >= 4 is 16.7 Å². The van der Waals surface area contributed by atoms with E-state index < -0.39 is 53.1 Å². The summed E-state index contributed by atoms with van der Waals surface area (Å²) in [7, 11) is 0. The molecule has 5 nitrogen and oxygen atoms in total. The molecule has 2 unspecified atom stereocenters. The molecule has 3 atom stereocenters. The van der Waals surface area contributed by atoms with Gasteiger partial charge in [0.2, 0.25) is 5.82 Å². The lowest BCUT2D eigenvalue weighted by Gasteiger charge is -2.22. The van der Waals surface area contributed by atoms with Crippen molar-refractivity contribution in [1.82, 2.24) is 14.5 Å². The molecule has 0 spiro atoms. The summed E-state index contributed by atoms with van der Waals surface area (Å²) >= 11 is 0. The smallest absolute Gasteiger partial charge is 0.289 e. The van der Waals surface area contributed by atoms with E-state index in [4.69, 9.17) is 0 Å². The lowest BCUT2D eigenvalue weighted by molar-refractivity contribution is 0.0567. The lowest BCUT2D eigenvalue weighted by atomic mass is 10.0. The van der Waals surface area contributed by atoms with Crippen molar-refractivity contribution < 1.29 is 26.3 Å².